The van der Waals surface area contributed by atoms with E-state index in [1.165, 1.54) is 5.56 Å². The van der Waals surface area contributed by atoms with Gasteiger partial charge in [-0.3, -0.25) is 0 Å². The van der Waals surface area contributed by atoms with E-state index >= 15 is 0 Å². The first-order chi connectivity index (χ1) is 8.10. The Morgan fingerprint density at radius 1 is 1.35 bits per heavy atom. The molecule has 0 aromatic heterocycles. The molecule has 0 aliphatic heterocycles. The van der Waals surface area contributed by atoms with E-state index in [4.69, 9.17) is 0 Å². The van der Waals surface area contributed by atoms with Crippen molar-refractivity contribution in [2.24, 2.45) is 11.3 Å². The highest BCUT2D eigenvalue weighted by Gasteiger charge is 2.57. The lowest BCUT2D eigenvalue weighted by Crippen LogP contribution is -2.29. The zero-order valence-electron chi connectivity index (χ0n) is 11.1. The largest absolute Gasteiger partial charge is 0.396 e. The third kappa shape index (κ3) is 2.38. The fourth-order valence-corrected chi connectivity index (χ4v) is 3.17. The molecule has 17 heavy (non-hydrogen) atoms. The number of rotatable bonds is 5. The summed E-state index contributed by atoms with van der Waals surface area (Å²) in [5.41, 5.74) is 1.67. The standard InChI is InChI=1S/C15H23NO/c1-12(13-7-5-4-6-8-13)15(11-16(2)3)9-14(15)10-17/h4-8,12,14,17H,9-11H2,1-3H3/t12-,14-,15-/m1/s1. The molecule has 0 heterocycles. The van der Waals surface area contributed by atoms with Crippen molar-refractivity contribution in [2.45, 2.75) is 19.3 Å². The predicted molar refractivity (Wildman–Crippen MR) is 71.0 cm³/mol. The number of benzene rings is 1. The van der Waals surface area contributed by atoms with Crippen LogP contribution in [0.2, 0.25) is 0 Å². The Bertz CT molecular complexity index is 362. The van der Waals surface area contributed by atoms with E-state index in [2.05, 4.69) is 56.3 Å². The summed E-state index contributed by atoms with van der Waals surface area (Å²) in [4.78, 5) is 2.25. The number of aliphatic hydroxyl groups is 1. The molecule has 1 fully saturated rings. The molecule has 1 aromatic rings. The summed E-state index contributed by atoms with van der Waals surface area (Å²) in [6, 6.07) is 10.7. The highest BCUT2D eigenvalue weighted by molar-refractivity contribution is 5.26. The van der Waals surface area contributed by atoms with E-state index in [9.17, 15) is 5.11 Å². The number of hydrogen-bond donors (Lipinski definition) is 1. The lowest BCUT2D eigenvalue weighted by atomic mass is 9.82. The molecule has 1 aliphatic rings. The van der Waals surface area contributed by atoms with E-state index in [0.717, 1.165) is 13.0 Å². The van der Waals surface area contributed by atoms with Gasteiger partial charge in [-0.25, -0.2) is 0 Å². The fourth-order valence-electron chi connectivity index (χ4n) is 3.17. The van der Waals surface area contributed by atoms with Gasteiger partial charge in [-0.15, -0.1) is 0 Å². The Morgan fingerprint density at radius 3 is 2.47 bits per heavy atom. The second-order valence-electron chi connectivity index (χ2n) is 5.69. The van der Waals surface area contributed by atoms with Crippen LogP contribution >= 0.6 is 0 Å². The summed E-state index contributed by atoms with van der Waals surface area (Å²) in [7, 11) is 4.23. The monoisotopic (exact) mass is 233 g/mol. The van der Waals surface area contributed by atoms with Gasteiger partial charge in [-0.2, -0.15) is 0 Å². The molecular weight excluding hydrogens is 210 g/mol. The highest BCUT2D eigenvalue weighted by atomic mass is 16.3. The van der Waals surface area contributed by atoms with Crippen molar-refractivity contribution in [2.75, 3.05) is 27.2 Å². The lowest BCUT2D eigenvalue weighted by Gasteiger charge is -2.28. The topological polar surface area (TPSA) is 23.5 Å². The maximum Gasteiger partial charge on any atom is 0.0465 e. The average Bonchev–Trinajstić information content (AvgIpc) is 3.03. The minimum absolute atomic E-state index is 0.277. The van der Waals surface area contributed by atoms with Crippen molar-refractivity contribution in [1.29, 1.82) is 0 Å². The maximum atomic E-state index is 9.43. The maximum absolute atomic E-state index is 9.43. The van der Waals surface area contributed by atoms with E-state index in [1.54, 1.807) is 0 Å². The minimum atomic E-state index is 0.277. The molecule has 2 rings (SSSR count). The van der Waals surface area contributed by atoms with Gasteiger partial charge in [0.05, 0.1) is 0 Å². The molecule has 0 saturated heterocycles. The quantitative estimate of drug-likeness (QED) is 0.844. The molecule has 2 heteroatoms. The van der Waals surface area contributed by atoms with Crippen molar-refractivity contribution >= 4 is 0 Å². The van der Waals surface area contributed by atoms with Gasteiger partial charge in [-0.05, 0) is 43.3 Å². The van der Waals surface area contributed by atoms with E-state index in [-0.39, 0.29) is 5.41 Å². The minimum Gasteiger partial charge on any atom is -0.396 e. The van der Waals surface area contributed by atoms with Crippen LogP contribution in [-0.4, -0.2) is 37.3 Å². The van der Waals surface area contributed by atoms with Crippen LogP contribution < -0.4 is 0 Å². The van der Waals surface area contributed by atoms with E-state index < -0.39 is 0 Å². The first-order valence-corrected chi connectivity index (χ1v) is 6.40. The van der Waals surface area contributed by atoms with Gasteiger partial charge in [0.1, 0.15) is 0 Å². The van der Waals surface area contributed by atoms with Gasteiger partial charge in [-0.1, -0.05) is 37.3 Å². The van der Waals surface area contributed by atoms with Crippen molar-refractivity contribution in [3.63, 3.8) is 0 Å². The van der Waals surface area contributed by atoms with Crippen LogP contribution in [0, 0.1) is 11.3 Å². The van der Waals surface area contributed by atoms with Crippen molar-refractivity contribution in [3.05, 3.63) is 35.9 Å². The molecule has 1 N–H and O–H groups in total. The average molecular weight is 233 g/mol. The zero-order chi connectivity index (χ0) is 12.5. The Morgan fingerprint density at radius 2 is 2.00 bits per heavy atom. The van der Waals surface area contributed by atoms with Crippen LogP contribution in [0.1, 0.15) is 24.8 Å². The molecule has 1 aromatic carbocycles. The third-order valence-electron chi connectivity index (χ3n) is 4.27. The smallest absolute Gasteiger partial charge is 0.0465 e. The summed E-state index contributed by atoms with van der Waals surface area (Å²) in [6.07, 6.45) is 1.15. The molecule has 1 saturated carbocycles. The van der Waals surface area contributed by atoms with Crippen LogP contribution in [0.4, 0.5) is 0 Å². The molecule has 0 bridgehead atoms. The molecule has 94 valence electrons. The van der Waals surface area contributed by atoms with Crippen LogP contribution in [0.5, 0.6) is 0 Å². The number of nitrogens with zero attached hydrogens (tertiary/aromatic N) is 1. The van der Waals surface area contributed by atoms with Gasteiger partial charge in [0, 0.05) is 13.2 Å². The van der Waals surface area contributed by atoms with Crippen molar-refractivity contribution in [3.8, 4) is 0 Å². The summed E-state index contributed by atoms with van der Waals surface area (Å²) < 4.78 is 0. The SMILES string of the molecule is C[C@H](c1ccccc1)[C@]1(CN(C)C)C[C@@H]1CO. The molecule has 0 amide bonds. The van der Waals surface area contributed by atoms with E-state index in [1.807, 2.05) is 0 Å². The van der Waals surface area contributed by atoms with Crippen molar-refractivity contribution in [1.82, 2.24) is 4.90 Å². The van der Waals surface area contributed by atoms with Gasteiger partial charge in [0.25, 0.3) is 0 Å². The molecular formula is C15H23NO. The highest BCUT2D eigenvalue weighted by Crippen LogP contribution is 2.60. The number of hydrogen-bond acceptors (Lipinski definition) is 2. The van der Waals surface area contributed by atoms with Crippen LogP contribution in [0.25, 0.3) is 0 Å². The van der Waals surface area contributed by atoms with Crippen LogP contribution in [-0.2, 0) is 0 Å². The van der Waals surface area contributed by atoms with Crippen LogP contribution in [0.15, 0.2) is 30.3 Å². The van der Waals surface area contributed by atoms with Gasteiger partial charge >= 0.3 is 0 Å². The van der Waals surface area contributed by atoms with Gasteiger partial charge in [0.15, 0.2) is 0 Å². The van der Waals surface area contributed by atoms with E-state index in [0.29, 0.717) is 18.4 Å². The Labute approximate surface area is 104 Å². The molecule has 2 nitrogen and oxygen atoms in total. The summed E-state index contributed by atoms with van der Waals surface area (Å²) in [5.74, 6) is 0.989. The normalized spacial score (nSPS) is 29.4. The second-order valence-corrected chi connectivity index (χ2v) is 5.69. The fraction of sp³-hybridized carbons (Fsp3) is 0.600. The first-order valence-electron chi connectivity index (χ1n) is 6.40. The van der Waals surface area contributed by atoms with Gasteiger partial charge in [0.2, 0.25) is 0 Å². The van der Waals surface area contributed by atoms with Crippen molar-refractivity contribution < 1.29 is 5.11 Å². The molecule has 3 atom stereocenters. The molecule has 0 unspecified atom stereocenters. The Kier molecular flexibility index (Phi) is 3.55. The zero-order valence-corrected chi connectivity index (χ0v) is 11.1. The lowest BCUT2D eigenvalue weighted by molar-refractivity contribution is 0.205. The Hall–Kier alpha value is -0.860. The number of aliphatic hydroxyl groups excluding tert-OH is 1. The molecule has 0 radical (unpaired) electrons. The molecule has 1 aliphatic carbocycles. The third-order valence-corrected chi connectivity index (χ3v) is 4.27. The summed E-state index contributed by atoms with van der Waals surface area (Å²) in [6.45, 7) is 3.69. The second kappa shape index (κ2) is 4.79. The van der Waals surface area contributed by atoms with Crippen LogP contribution in [0.3, 0.4) is 0 Å². The predicted octanol–water partition coefficient (Wildman–Crippen LogP) is 2.35. The summed E-state index contributed by atoms with van der Waals surface area (Å²) in [5, 5.41) is 9.43. The molecule has 0 spiro atoms. The summed E-state index contributed by atoms with van der Waals surface area (Å²) >= 11 is 0. The van der Waals surface area contributed by atoms with Gasteiger partial charge < -0.3 is 10.0 Å². The first kappa shape index (κ1) is 12.6. The Balaban J connectivity index is 2.18.